The summed E-state index contributed by atoms with van der Waals surface area (Å²) in [5, 5.41) is 11.8. The smallest absolute Gasteiger partial charge is 0.203 e. The van der Waals surface area contributed by atoms with Gasteiger partial charge in [0.2, 0.25) is 8.07 Å². The van der Waals surface area contributed by atoms with Crippen molar-refractivity contribution in [2.24, 2.45) is 0 Å². The third kappa shape index (κ3) is 4.70. The lowest BCUT2D eigenvalue weighted by molar-refractivity contribution is 0.669. The molecule has 0 saturated heterocycles. The number of pyridine rings is 2. The van der Waals surface area contributed by atoms with Crippen LogP contribution in [0.3, 0.4) is 0 Å². The molecule has 0 aliphatic carbocycles. The normalized spacial score (nSPS) is 13.0. The van der Waals surface area contributed by atoms with E-state index in [2.05, 4.69) is 185 Å². The summed E-state index contributed by atoms with van der Waals surface area (Å²) >= 11 is 0. The van der Waals surface area contributed by atoms with Crippen molar-refractivity contribution in [2.45, 2.75) is 0 Å². The molecule has 272 valence electrons. The molecule has 0 amide bonds. The zero-order valence-electron chi connectivity index (χ0n) is 31.3. The molecule has 5 heterocycles. The van der Waals surface area contributed by atoms with E-state index in [1.807, 2.05) is 30.6 Å². The van der Waals surface area contributed by atoms with Gasteiger partial charge in [-0.15, -0.1) is 0 Å². The molecule has 5 aromatic heterocycles. The first-order valence-corrected chi connectivity index (χ1v) is 21.6. The highest BCUT2D eigenvalue weighted by Gasteiger charge is 2.43. The molecule has 1 unspecified atom stereocenters. The van der Waals surface area contributed by atoms with Crippen LogP contribution in [0.4, 0.5) is 0 Å². The molecule has 0 radical (unpaired) electrons. The lowest BCUT2D eigenvalue weighted by Gasteiger charge is -2.33. The maximum absolute atomic E-state index is 6.39. The summed E-state index contributed by atoms with van der Waals surface area (Å²) in [6, 6.07) is 67.9. The van der Waals surface area contributed by atoms with Gasteiger partial charge in [0.15, 0.2) is 0 Å². The van der Waals surface area contributed by atoms with Crippen LogP contribution in [-0.4, -0.2) is 27.2 Å². The van der Waals surface area contributed by atoms with Crippen molar-refractivity contribution in [1.29, 1.82) is 0 Å². The topological polar surface area (TPSA) is 48.8 Å². The van der Waals surface area contributed by atoms with Crippen molar-refractivity contribution in [3.8, 4) is 11.4 Å². The van der Waals surface area contributed by atoms with Gasteiger partial charge in [-0.3, -0.25) is 9.97 Å². The molecule has 0 aliphatic rings. The van der Waals surface area contributed by atoms with E-state index in [1.165, 1.54) is 42.8 Å². The number of hydrogen-bond acceptors (Lipinski definition) is 3. The SMILES string of the molecule is c1ccc([Si](c2ccc(-n3c4ccccc4c4ccccc43)cc2)(c2cccnc2)c2cccc(-n3c4ccccc4c4cc5oc6ccccc6c5cc43)c2)nc1. The van der Waals surface area contributed by atoms with Crippen LogP contribution >= 0.6 is 0 Å². The van der Waals surface area contributed by atoms with Crippen LogP contribution in [0.2, 0.25) is 0 Å². The predicted molar refractivity (Wildman–Crippen MR) is 242 cm³/mol. The first kappa shape index (κ1) is 32.7. The Hall–Kier alpha value is -7.54. The van der Waals surface area contributed by atoms with E-state index in [0.717, 1.165) is 55.1 Å². The summed E-state index contributed by atoms with van der Waals surface area (Å²) in [7, 11) is -3.07. The second kappa shape index (κ2) is 12.7. The van der Waals surface area contributed by atoms with Gasteiger partial charge < -0.3 is 13.6 Å². The Labute approximate surface area is 334 Å². The van der Waals surface area contributed by atoms with Crippen molar-refractivity contribution >= 4 is 94.5 Å². The molecular weight excluding hydrogens is 725 g/mol. The molecule has 12 rings (SSSR count). The average molecular weight is 759 g/mol. The van der Waals surface area contributed by atoms with E-state index in [9.17, 15) is 0 Å². The summed E-state index contributed by atoms with van der Waals surface area (Å²) < 4.78 is 11.2. The molecule has 0 fully saturated rings. The van der Waals surface area contributed by atoms with Crippen molar-refractivity contribution in [1.82, 2.24) is 19.1 Å². The number of para-hydroxylation sites is 4. The summed E-state index contributed by atoms with van der Waals surface area (Å²) in [4.78, 5) is 9.94. The Morgan fingerprint density at radius 3 is 1.71 bits per heavy atom. The molecule has 12 aromatic rings. The number of benzene rings is 7. The van der Waals surface area contributed by atoms with Crippen LogP contribution in [0.15, 0.2) is 211 Å². The highest BCUT2D eigenvalue weighted by Crippen LogP contribution is 2.38. The van der Waals surface area contributed by atoms with Crippen LogP contribution < -0.4 is 20.9 Å². The molecule has 1 atom stereocenters. The van der Waals surface area contributed by atoms with Gasteiger partial charge in [0.05, 0.1) is 22.1 Å². The monoisotopic (exact) mass is 758 g/mol. The van der Waals surface area contributed by atoms with Gasteiger partial charge in [-0.05, 0) is 94.4 Å². The lowest BCUT2D eigenvalue weighted by Crippen LogP contribution is -2.75. The fourth-order valence-electron chi connectivity index (χ4n) is 9.52. The third-order valence-corrected chi connectivity index (χ3v) is 16.6. The van der Waals surface area contributed by atoms with Crippen molar-refractivity contribution in [3.63, 3.8) is 0 Å². The minimum absolute atomic E-state index is 0.896. The Bertz CT molecular complexity index is 3420. The lowest BCUT2D eigenvalue weighted by atomic mass is 10.1. The third-order valence-electron chi connectivity index (χ3n) is 12.0. The van der Waals surface area contributed by atoms with Gasteiger partial charge in [-0.1, -0.05) is 109 Å². The van der Waals surface area contributed by atoms with Crippen LogP contribution in [-0.2, 0) is 0 Å². The number of hydrogen-bond donors (Lipinski definition) is 0. The van der Waals surface area contributed by atoms with E-state index in [0.29, 0.717) is 0 Å². The first-order chi connectivity index (χ1) is 28.8. The minimum atomic E-state index is -3.07. The standard InChI is InChI=1S/C52H34N4OSi/c1-5-20-46-40(16-1)41-17-2-6-21-47(41)55(46)35-25-27-37(28-26-35)58(39-15-12-29-53-34-39,52-24-9-10-30-54-52)38-14-11-13-36(31-38)56-48-22-7-3-18-42(48)44-33-51-45(32-49(44)56)43-19-4-8-23-50(43)57-51/h1-34H. The number of rotatable bonds is 6. The van der Waals surface area contributed by atoms with E-state index in [1.54, 1.807) is 0 Å². The van der Waals surface area contributed by atoms with Crippen LogP contribution in [0.5, 0.6) is 0 Å². The van der Waals surface area contributed by atoms with Crippen LogP contribution in [0.1, 0.15) is 0 Å². The molecule has 6 heteroatoms. The summed E-state index contributed by atoms with van der Waals surface area (Å²) in [5.74, 6) is 0. The van der Waals surface area contributed by atoms with E-state index >= 15 is 0 Å². The van der Waals surface area contributed by atoms with E-state index < -0.39 is 8.07 Å². The Morgan fingerprint density at radius 1 is 0.379 bits per heavy atom. The fourth-order valence-corrected chi connectivity index (χ4v) is 14.0. The molecular formula is C52H34N4OSi. The second-order valence-corrected chi connectivity index (χ2v) is 18.7. The molecule has 58 heavy (non-hydrogen) atoms. The summed E-state index contributed by atoms with van der Waals surface area (Å²) in [5.41, 5.74) is 8.67. The number of nitrogens with zero attached hydrogens (tertiary/aromatic N) is 4. The van der Waals surface area contributed by atoms with Gasteiger partial charge in [-0.25, -0.2) is 0 Å². The molecule has 0 aliphatic heterocycles. The molecule has 7 aromatic carbocycles. The highest BCUT2D eigenvalue weighted by atomic mass is 28.3. The largest absolute Gasteiger partial charge is 0.456 e. The van der Waals surface area contributed by atoms with Crippen LogP contribution in [0.25, 0.3) is 76.9 Å². The predicted octanol–water partition coefficient (Wildman–Crippen LogP) is 9.95. The van der Waals surface area contributed by atoms with Crippen LogP contribution in [0, 0.1) is 0 Å². The first-order valence-electron chi connectivity index (χ1n) is 19.6. The number of aromatic nitrogens is 4. The van der Waals surface area contributed by atoms with Crippen molar-refractivity contribution < 1.29 is 4.42 Å². The van der Waals surface area contributed by atoms with Gasteiger partial charge >= 0.3 is 0 Å². The maximum Gasteiger partial charge on any atom is 0.203 e. The second-order valence-electron chi connectivity index (χ2n) is 15.0. The zero-order chi connectivity index (χ0) is 38.2. The quantitative estimate of drug-likeness (QED) is 0.159. The highest BCUT2D eigenvalue weighted by molar-refractivity contribution is 7.19. The molecule has 0 spiro atoms. The molecule has 5 nitrogen and oxygen atoms in total. The summed E-state index contributed by atoms with van der Waals surface area (Å²) in [6.07, 6.45) is 5.84. The number of fused-ring (bicyclic) bond motifs is 9. The van der Waals surface area contributed by atoms with E-state index in [-0.39, 0.29) is 0 Å². The van der Waals surface area contributed by atoms with Gasteiger partial charge in [0.1, 0.15) is 11.2 Å². The Morgan fingerprint density at radius 2 is 1.02 bits per heavy atom. The summed E-state index contributed by atoms with van der Waals surface area (Å²) in [6.45, 7) is 0. The Kier molecular flexibility index (Phi) is 7.18. The zero-order valence-corrected chi connectivity index (χ0v) is 32.3. The van der Waals surface area contributed by atoms with Crippen molar-refractivity contribution in [3.05, 3.63) is 207 Å². The van der Waals surface area contributed by atoms with E-state index in [4.69, 9.17) is 14.4 Å². The minimum Gasteiger partial charge on any atom is -0.456 e. The van der Waals surface area contributed by atoms with Gasteiger partial charge in [-0.2, -0.15) is 0 Å². The van der Waals surface area contributed by atoms with Gasteiger partial charge in [0.25, 0.3) is 0 Å². The molecule has 0 N–H and O–H groups in total. The molecule has 0 bridgehead atoms. The van der Waals surface area contributed by atoms with Gasteiger partial charge in [0, 0.05) is 67.6 Å². The Balaban J connectivity index is 1.11. The number of furan rings is 1. The fraction of sp³-hybridized carbons (Fsp3) is 0. The molecule has 0 saturated carbocycles. The average Bonchev–Trinajstić information content (AvgIpc) is 3.94. The van der Waals surface area contributed by atoms with Crippen molar-refractivity contribution in [2.75, 3.05) is 0 Å². The maximum atomic E-state index is 6.39.